The highest BCUT2D eigenvalue weighted by Gasteiger charge is 2.35. The molecule has 1 aliphatic rings. The van der Waals surface area contributed by atoms with Crippen LogP contribution in [0.15, 0.2) is 117 Å². The van der Waals surface area contributed by atoms with Gasteiger partial charge in [0.25, 0.3) is 5.56 Å². The van der Waals surface area contributed by atoms with E-state index in [1.54, 1.807) is 41.8 Å². The van der Waals surface area contributed by atoms with E-state index < -0.39 is 18.0 Å². The van der Waals surface area contributed by atoms with Gasteiger partial charge in [-0.25, -0.2) is 14.6 Å². The molecule has 5 aromatic rings. The number of hydrogen-bond donors (Lipinski definition) is 1. The Hall–Kier alpha value is -5.28. The Bertz CT molecular complexity index is 2000. The van der Waals surface area contributed by atoms with Crippen LogP contribution < -0.4 is 14.9 Å². The summed E-state index contributed by atoms with van der Waals surface area (Å²) in [6.07, 6.45) is 1.65. The highest BCUT2D eigenvalue weighted by molar-refractivity contribution is 7.07. The van der Waals surface area contributed by atoms with Gasteiger partial charge < -0.3 is 14.3 Å². The van der Waals surface area contributed by atoms with Crippen molar-refractivity contribution in [1.29, 1.82) is 0 Å². The van der Waals surface area contributed by atoms with Crippen LogP contribution in [0.3, 0.4) is 0 Å². The number of carbonyl (C=O) groups is 2. The van der Waals surface area contributed by atoms with Gasteiger partial charge in [0.15, 0.2) is 4.80 Å². The smallest absolute Gasteiger partial charge is 0.338 e. The molecule has 3 heterocycles. The monoisotopic (exact) mass is 576 g/mol. The Morgan fingerprint density at radius 3 is 2.31 bits per heavy atom. The third kappa shape index (κ3) is 5.02. The van der Waals surface area contributed by atoms with Gasteiger partial charge in [0.1, 0.15) is 11.5 Å². The van der Waals surface area contributed by atoms with Gasteiger partial charge in [-0.05, 0) is 36.8 Å². The Labute approximate surface area is 243 Å². The van der Waals surface area contributed by atoms with Crippen LogP contribution >= 0.6 is 11.3 Å². The standard InChI is InChI=1S/C33H24N2O6S/c1-2-40-32(39)27-28(21-9-5-3-6-10-21)34-33-35(29(27)22-11-7-4-8-12-22)30(36)26(42-33)19-24-17-18-25(41-24)20-13-15-23(16-14-20)31(37)38/h3-19,29H,2H2,1H3,(H,37,38)/b26-19-/t29-/m1/s1. The Morgan fingerprint density at radius 1 is 0.952 bits per heavy atom. The van der Waals surface area contributed by atoms with Gasteiger partial charge in [0.05, 0.1) is 34.0 Å². The fourth-order valence-electron chi connectivity index (χ4n) is 4.88. The average Bonchev–Trinajstić information content (AvgIpc) is 3.61. The van der Waals surface area contributed by atoms with Crippen molar-refractivity contribution < 1.29 is 23.8 Å². The van der Waals surface area contributed by atoms with E-state index in [4.69, 9.17) is 19.3 Å². The van der Waals surface area contributed by atoms with E-state index >= 15 is 0 Å². The van der Waals surface area contributed by atoms with Crippen molar-refractivity contribution in [2.45, 2.75) is 13.0 Å². The molecule has 0 radical (unpaired) electrons. The summed E-state index contributed by atoms with van der Waals surface area (Å²) >= 11 is 1.21. The summed E-state index contributed by atoms with van der Waals surface area (Å²) in [6, 6.07) is 27.9. The SMILES string of the molecule is CCOC(=O)C1=C(c2ccccc2)N=c2s/c(=C\c3ccc(-c4ccc(C(=O)O)cc4)o3)c(=O)n2[C@@H]1c1ccccc1. The number of benzene rings is 3. The van der Waals surface area contributed by atoms with Crippen LogP contribution in [-0.2, 0) is 9.53 Å². The van der Waals surface area contributed by atoms with Crippen LogP contribution in [-0.4, -0.2) is 28.2 Å². The largest absolute Gasteiger partial charge is 0.478 e. The van der Waals surface area contributed by atoms with Crippen LogP contribution in [0.2, 0.25) is 0 Å². The van der Waals surface area contributed by atoms with Crippen LogP contribution in [0.5, 0.6) is 0 Å². The van der Waals surface area contributed by atoms with Crippen LogP contribution in [0, 0.1) is 0 Å². The normalized spacial score (nSPS) is 14.8. The molecule has 0 saturated carbocycles. The molecular weight excluding hydrogens is 552 g/mol. The Kier molecular flexibility index (Phi) is 7.24. The number of nitrogens with zero attached hydrogens (tertiary/aromatic N) is 2. The highest BCUT2D eigenvalue weighted by atomic mass is 32.1. The van der Waals surface area contributed by atoms with E-state index in [0.29, 0.717) is 37.7 Å². The van der Waals surface area contributed by atoms with E-state index in [2.05, 4.69) is 0 Å². The molecule has 42 heavy (non-hydrogen) atoms. The lowest BCUT2D eigenvalue weighted by molar-refractivity contribution is -0.138. The lowest BCUT2D eigenvalue weighted by Crippen LogP contribution is -2.39. The second-order valence-electron chi connectivity index (χ2n) is 9.43. The quantitative estimate of drug-likeness (QED) is 0.276. The number of carboxylic acid groups (broad SMARTS) is 1. The first-order valence-electron chi connectivity index (χ1n) is 13.2. The van der Waals surface area contributed by atoms with Gasteiger partial charge in [-0.3, -0.25) is 9.36 Å². The number of aromatic carboxylic acids is 1. The third-order valence-corrected chi connectivity index (χ3v) is 7.79. The predicted octanol–water partition coefficient (Wildman–Crippen LogP) is 4.89. The lowest BCUT2D eigenvalue weighted by Gasteiger charge is -2.25. The number of rotatable bonds is 7. The van der Waals surface area contributed by atoms with Crippen molar-refractivity contribution in [3.8, 4) is 11.3 Å². The first kappa shape index (κ1) is 26.9. The first-order valence-corrected chi connectivity index (χ1v) is 14.0. The number of ether oxygens (including phenoxy) is 1. The molecule has 208 valence electrons. The van der Waals surface area contributed by atoms with E-state index in [0.717, 1.165) is 11.1 Å². The topological polar surface area (TPSA) is 111 Å². The second kappa shape index (κ2) is 11.3. The van der Waals surface area contributed by atoms with Crippen LogP contribution in [0.1, 0.15) is 40.2 Å². The second-order valence-corrected chi connectivity index (χ2v) is 10.4. The van der Waals surface area contributed by atoms with Gasteiger partial charge >= 0.3 is 11.9 Å². The molecule has 3 aromatic carbocycles. The summed E-state index contributed by atoms with van der Waals surface area (Å²) in [6.45, 7) is 1.92. The molecule has 8 nitrogen and oxygen atoms in total. The van der Waals surface area contributed by atoms with Crippen molar-refractivity contribution >= 4 is 35.0 Å². The van der Waals surface area contributed by atoms with Gasteiger partial charge in [0.2, 0.25) is 0 Å². The molecule has 0 bridgehead atoms. The molecule has 0 spiro atoms. The average molecular weight is 577 g/mol. The molecular formula is C33H24N2O6S. The maximum absolute atomic E-state index is 14.0. The van der Waals surface area contributed by atoms with E-state index in [9.17, 15) is 14.4 Å². The molecule has 0 saturated heterocycles. The molecule has 2 aromatic heterocycles. The molecule has 0 fully saturated rings. The molecule has 9 heteroatoms. The van der Waals surface area contributed by atoms with Crippen LogP contribution in [0.4, 0.5) is 0 Å². The maximum Gasteiger partial charge on any atom is 0.338 e. The molecule has 1 aliphatic heterocycles. The number of carbonyl (C=O) groups excluding carboxylic acids is 1. The fraction of sp³-hybridized carbons (Fsp3) is 0.0909. The van der Waals surface area contributed by atoms with Gasteiger partial charge in [0, 0.05) is 17.2 Å². The molecule has 0 unspecified atom stereocenters. The van der Waals surface area contributed by atoms with Crippen molar-refractivity contribution in [1.82, 2.24) is 4.57 Å². The number of fused-ring (bicyclic) bond motifs is 1. The van der Waals surface area contributed by atoms with Gasteiger partial charge in [-0.1, -0.05) is 84.1 Å². The van der Waals surface area contributed by atoms with Crippen molar-refractivity contribution in [3.63, 3.8) is 0 Å². The number of furan rings is 1. The Morgan fingerprint density at radius 2 is 1.64 bits per heavy atom. The minimum Gasteiger partial charge on any atom is -0.478 e. The zero-order valence-electron chi connectivity index (χ0n) is 22.4. The minimum atomic E-state index is -1.01. The predicted molar refractivity (Wildman–Crippen MR) is 159 cm³/mol. The third-order valence-electron chi connectivity index (χ3n) is 6.81. The van der Waals surface area contributed by atoms with Crippen molar-refractivity contribution in [2.75, 3.05) is 6.61 Å². The van der Waals surface area contributed by atoms with E-state index in [1.165, 1.54) is 23.5 Å². The van der Waals surface area contributed by atoms with E-state index in [1.807, 2.05) is 60.7 Å². The summed E-state index contributed by atoms with van der Waals surface area (Å²) in [5.41, 5.74) is 2.81. The van der Waals surface area contributed by atoms with Crippen molar-refractivity contribution in [3.05, 3.63) is 145 Å². The number of hydrogen-bond acceptors (Lipinski definition) is 7. The maximum atomic E-state index is 14.0. The fourth-order valence-corrected chi connectivity index (χ4v) is 5.86. The molecule has 0 amide bonds. The zero-order valence-corrected chi connectivity index (χ0v) is 23.2. The van der Waals surface area contributed by atoms with Crippen molar-refractivity contribution in [2.24, 2.45) is 4.99 Å². The molecule has 1 N–H and O–H groups in total. The summed E-state index contributed by atoms with van der Waals surface area (Å²) in [5, 5.41) is 9.16. The number of thiazole rings is 1. The highest BCUT2D eigenvalue weighted by Crippen LogP contribution is 2.35. The first-order chi connectivity index (χ1) is 20.4. The summed E-state index contributed by atoms with van der Waals surface area (Å²) in [7, 11) is 0. The summed E-state index contributed by atoms with van der Waals surface area (Å²) in [5.74, 6) is -0.564. The van der Waals surface area contributed by atoms with Crippen LogP contribution in [0.25, 0.3) is 23.1 Å². The summed E-state index contributed by atoms with van der Waals surface area (Å²) < 4.78 is 13.4. The number of aromatic nitrogens is 1. The van der Waals surface area contributed by atoms with Gasteiger partial charge in [-0.2, -0.15) is 0 Å². The molecule has 0 aliphatic carbocycles. The Balaban J connectivity index is 1.51. The zero-order chi connectivity index (χ0) is 29.2. The molecule has 1 atom stereocenters. The minimum absolute atomic E-state index is 0.177. The number of carboxylic acids is 1. The number of esters is 1. The lowest BCUT2D eigenvalue weighted by atomic mass is 9.93. The summed E-state index contributed by atoms with van der Waals surface area (Å²) in [4.78, 5) is 43.9. The van der Waals surface area contributed by atoms with E-state index in [-0.39, 0.29) is 17.7 Å². The van der Waals surface area contributed by atoms with Gasteiger partial charge in [-0.15, -0.1) is 0 Å². The molecule has 6 rings (SSSR count).